The van der Waals surface area contributed by atoms with E-state index in [0.717, 1.165) is 0 Å². The average Bonchev–Trinajstić information content (AvgIpc) is 2.80. The Morgan fingerprint density at radius 3 is 2.78 bits per heavy atom. The summed E-state index contributed by atoms with van der Waals surface area (Å²) in [5, 5.41) is 0. The standard InChI is InChI=1S/C13H16N2O3/c1-9-7-15(8-10(9)13(17)18-2)12(16)11-5-3-4-6-14-11/h3-6,9-10H,7-8H2,1-2H3. The Morgan fingerprint density at radius 1 is 1.39 bits per heavy atom. The van der Waals surface area contributed by atoms with E-state index < -0.39 is 0 Å². The minimum atomic E-state index is -0.251. The topological polar surface area (TPSA) is 59.5 Å². The number of esters is 1. The van der Waals surface area contributed by atoms with Crippen LogP contribution in [0.3, 0.4) is 0 Å². The van der Waals surface area contributed by atoms with E-state index in [1.807, 2.05) is 6.92 Å². The van der Waals surface area contributed by atoms with E-state index in [2.05, 4.69) is 4.98 Å². The fraction of sp³-hybridized carbons (Fsp3) is 0.462. The summed E-state index contributed by atoms with van der Waals surface area (Å²) in [6.07, 6.45) is 1.59. The molecule has 0 radical (unpaired) electrons. The zero-order chi connectivity index (χ0) is 13.1. The molecule has 2 rings (SSSR count). The number of pyridine rings is 1. The molecule has 2 atom stereocenters. The molecule has 0 N–H and O–H groups in total. The highest BCUT2D eigenvalue weighted by Gasteiger charge is 2.38. The van der Waals surface area contributed by atoms with Gasteiger partial charge in [-0.1, -0.05) is 13.0 Å². The number of aromatic nitrogens is 1. The van der Waals surface area contributed by atoms with Crippen molar-refractivity contribution in [1.82, 2.24) is 9.88 Å². The molecule has 1 amide bonds. The fourth-order valence-electron chi connectivity index (χ4n) is 2.24. The van der Waals surface area contributed by atoms with Crippen molar-refractivity contribution in [3.63, 3.8) is 0 Å². The minimum Gasteiger partial charge on any atom is -0.469 e. The lowest BCUT2D eigenvalue weighted by atomic mass is 9.99. The van der Waals surface area contributed by atoms with Crippen molar-refractivity contribution in [2.75, 3.05) is 20.2 Å². The molecule has 1 fully saturated rings. The zero-order valence-electron chi connectivity index (χ0n) is 10.5. The smallest absolute Gasteiger partial charge is 0.310 e. The van der Waals surface area contributed by atoms with Crippen molar-refractivity contribution in [2.45, 2.75) is 6.92 Å². The van der Waals surface area contributed by atoms with Crippen LogP contribution in [0.4, 0.5) is 0 Å². The Labute approximate surface area is 106 Å². The van der Waals surface area contributed by atoms with E-state index in [1.165, 1.54) is 7.11 Å². The summed E-state index contributed by atoms with van der Waals surface area (Å²) in [4.78, 5) is 29.4. The van der Waals surface area contributed by atoms with Crippen molar-refractivity contribution in [3.8, 4) is 0 Å². The number of carbonyl (C=O) groups excluding carboxylic acids is 2. The second-order valence-electron chi connectivity index (χ2n) is 4.53. The molecule has 96 valence electrons. The molecule has 2 heterocycles. The molecular formula is C13H16N2O3. The molecule has 5 nitrogen and oxygen atoms in total. The van der Waals surface area contributed by atoms with Crippen molar-refractivity contribution < 1.29 is 14.3 Å². The van der Waals surface area contributed by atoms with Gasteiger partial charge < -0.3 is 9.64 Å². The number of hydrogen-bond donors (Lipinski definition) is 0. The van der Waals surface area contributed by atoms with Crippen molar-refractivity contribution >= 4 is 11.9 Å². The zero-order valence-corrected chi connectivity index (χ0v) is 10.5. The molecule has 1 aromatic heterocycles. The van der Waals surface area contributed by atoms with Gasteiger partial charge in [-0.15, -0.1) is 0 Å². The molecule has 1 aliphatic heterocycles. The van der Waals surface area contributed by atoms with Gasteiger partial charge in [-0.05, 0) is 18.1 Å². The van der Waals surface area contributed by atoms with Crippen LogP contribution >= 0.6 is 0 Å². The molecule has 1 aromatic rings. The van der Waals surface area contributed by atoms with E-state index >= 15 is 0 Å². The van der Waals surface area contributed by atoms with Gasteiger partial charge in [-0.25, -0.2) is 0 Å². The first-order valence-electron chi connectivity index (χ1n) is 5.91. The number of likely N-dealkylation sites (tertiary alicyclic amines) is 1. The van der Waals surface area contributed by atoms with Crippen LogP contribution in [0.1, 0.15) is 17.4 Å². The van der Waals surface area contributed by atoms with Gasteiger partial charge >= 0.3 is 5.97 Å². The van der Waals surface area contributed by atoms with Crippen LogP contribution < -0.4 is 0 Å². The Bertz CT molecular complexity index is 447. The van der Waals surface area contributed by atoms with E-state index in [0.29, 0.717) is 18.8 Å². The van der Waals surface area contributed by atoms with Crippen LogP contribution in [0.25, 0.3) is 0 Å². The van der Waals surface area contributed by atoms with Gasteiger partial charge in [-0.3, -0.25) is 14.6 Å². The highest BCUT2D eigenvalue weighted by Crippen LogP contribution is 2.25. The van der Waals surface area contributed by atoms with Gasteiger partial charge in [0.25, 0.3) is 5.91 Å². The lowest BCUT2D eigenvalue weighted by molar-refractivity contribution is -0.146. The molecule has 5 heteroatoms. The van der Waals surface area contributed by atoms with Crippen LogP contribution in [0.15, 0.2) is 24.4 Å². The normalized spacial score (nSPS) is 22.9. The molecular weight excluding hydrogens is 232 g/mol. The molecule has 0 saturated carbocycles. The minimum absolute atomic E-state index is 0.116. The van der Waals surface area contributed by atoms with Gasteiger partial charge in [0.1, 0.15) is 5.69 Å². The lowest BCUT2D eigenvalue weighted by Crippen LogP contribution is -2.30. The predicted octanol–water partition coefficient (Wildman–Crippen LogP) is 0.963. The van der Waals surface area contributed by atoms with Crippen LogP contribution in [0.2, 0.25) is 0 Å². The van der Waals surface area contributed by atoms with Crippen LogP contribution in [-0.4, -0.2) is 42.0 Å². The summed E-state index contributed by atoms with van der Waals surface area (Å²) in [5.74, 6) is -0.500. The first-order valence-corrected chi connectivity index (χ1v) is 5.91. The number of rotatable bonds is 2. The van der Waals surface area contributed by atoms with Crippen LogP contribution in [0, 0.1) is 11.8 Å². The molecule has 0 aromatic carbocycles. The molecule has 0 bridgehead atoms. The summed E-state index contributed by atoms with van der Waals surface area (Å²) in [6.45, 7) is 2.92. The Kier molecular flexibility index (Phi) is 3.60. The average molecular weight is 248 g/mol. The third-order valence-electron chi connectivity index (χ3n) is 3.29. The molecule has 0 aliphatic carbocycles. The molecule has 1 aliphatic rings. The number of nitrogens with zero attached hydrogens (tertiary/aromatic N) is 2. The summed E-state index contributed by atoms with van der Waals surface area (Å²) >= 11 is 0. The largest absolute Gasteiger partial charge is 0.469 e. The van der Waals surface area contributed by atoms with Gasteiger partial charge in [0.15, 0.2) is 0 Å². The number of amides is 1. The first-order chi connectivity index (χ1) is 8.63. The Hall–Kier alpha value is -1.91. The Balaban J connectivity index is 2.09. The second-order valence-corrected chi connectivity index (χ2v) is 4.53. The summed E-state index contributed by atoms with van der Waals surface area (Å²) in [5.41, 5.74) is 0.412. The maximum absolute atomic E-state index is 12.2. The van der Waals surface area contributed by atoms with E-state index in [4.69, 9.17) is 4.74 Å². The van der Waals surface area contributed by atoms with Crippen LogP contribution in [-0.2, 0) is 9.53 Å². The number of carbonyl (C=O) groups is 2. The highest BCUT2D eigenvalue weighted by molar-refractivity contribution is 5.93. The lowest BCUT2D eigenvalue weighted by Gasteiger charge is -2.15. The van der Waals surface area contributed by atoms with Gasteiger partial charge in [0.2, 0.25) is 0 Å². The van der Waals surface area contributed by atoms with E-state index in [9.17, 15) is 9.59 Å². The molecule has 18 heavy (non-hydrogen) atoms. The van der Waals surface area contributed by atoms with Crippen molar-refractivity contribution in [3.05, 3.63) is 30.1 Å². The number of ether oxygens (including phenoxy) is 1. The van der Waals surface area contributed by atoms with Gasteiger partial charge in [0.05, 0.1) is 13.0 Å². The quantitative estimate of drug-likeness (QED) is 0.731. The second kappa shape index (κ2) is 5.16. The van der Waals surface area contributed by atoms with E-state index in [-0.39, 0.29) is 23.7 Å². The third-order valence-corrected chi connectivity index (χ3v) is 3.29. The number of hydrogen-bond acceptors (Lipinski definition) is 4. The molecule has 0 spiro atoms. The van der Waals surface area contributed by atoms with E-state index in [1.54, 1.807) is 29.3 Å². The monoisotopic (exact) mass is 248 g/mol. The molecule has 2 unspecified atom stereocenters. The Morgan fingerprint density at radius 2 is 2.17 bits per heavy atom. The van der Waals surface area contributed by atoms with Gasteiger partial charge in [-0.2, -0.15) is 0 Å². The third kappa shape index (κ3) is 2.34. The summed E-state index contributed by atoms with van der Waals surface area (Å²) in [6, 6.07) is 5.22. The highest BCUT2D eigenvalue weighted by atomic mass is 16.5. The summed E-state index contributed by atoms with van der Waals surface area (Å²) < 4.78 is 4.75. The maximum Gasteiger partial charge on any atom is 0.310 e. The van der Waals surface area contributed by atoms with Crippen molar-refractivity contribution in [1.29, 1.82) is 0 Å². The van der Waals surface area contributed by atoms with Crippen LogP contribution in [0.5, 0.6) is 0 Å². The van der Waals surface area contributed by atoms with Crippen molar-refractivity contribution in [2.24, 2.45) is 11.8 Å². The fourth-order valence-corrected chi connectivity index (χ4v) is 2.24. The predicted molar refractivity (Wildman–Crippen MR) is 64.8 cm³/mol. The summed E-state index contributed by atoms with van der Waals surface area (Å²) in [7, 11) is 1.37. The first kappa shape index (κ1) is 12.5. The van der Waals surface area contributed by atoms with Gasteiger partial charge in [0, 0.05) is 19.3 Å². The SMILES string of the molecule is COC(=O)C1CN(C(=O)c2ccccn2)CC1C. The molecule has 1 saturated heterocycles. The maximum atomic E-state index is 12.2. The number of methoxy groups -OCH3 is 1.